The Kier molecular flexibility index (Phi) is 3.85. The quantitative estimate of drug-likeness (QED) is 0.898. The lowest BCUT2D eigenvalue weighted by Gasteiger charge is -2.34. The Morgan fingerprint density at radius 2 is 1.88 bits per heavy atom. The van der Waals surface area contributed by atoms with Gasteiger partial charge in [0.1, 0.15) is 0 Å². The topological polar surface area (TPSA) is 46.2 Å². The van der Waals surface area contributed by atoms with Gasteiger partial charge in [0, 0.05) is 40.8 Å². The second-order valence-electron chi connectivity index (χ2n) is 6.60. The number of aryl methyl sites for hydroxylation is 1. The minimum Gasteiger partial charge on any atom is -0.329 e. The molecule has 4 heteroatoms. The van der Waals surface area contributed by atoms with Crippen molar-refractivity contribution in [3.05, 3.63) is 69.1 Å². The molecule has 24 heavy (non-hydrogen) atoms. The minimum atomic E-state index is -0.105. The van der Waals surface area contributed by atoms with Gasteiger partial charge in [-0.25, -0.2) is 0 Å². The summed E-state index contributed by atoms with van der Waals surface area (Å²) in [6, 6.07) is 12.2. The number of ketones is 1. The van der Waals surface area contributed by atoms with Gasteiger partial charge in [-0.1, -0.05) is 30.3 Å². The standard InChI is InChI=1S/C20H19NO2S/c1-12-5-2-3-6-14(12)15-11-19(23)21-16-9-13(10-17(22)20(15)16)18-7-4-8-24-18/h2-8,13,15H,9-11H2,1H3,(H,21,23)/t13-,15-/m1/s1. The lowest BCUT2D eigenvalue weighted by atomic mass is 9.74. The van der Waals surface area contributed by atoms with Crippen LogP contribution in [-0.2, 0) is 9.59 Å². The van der Waals surface area contributed by atoms with E-state index in [-0.39, 0.29) is 23.5 Å². The summed E-state index contributed by atoms with van der Waals surface area (Å²) in [5, 5.41) is 5.03. The summed E-state index contributed by atoms with van der Waals surface area (Å²) >= 11 is 1.68. The number of Topliss-reactive ketones (excluding diaryl/α,β-unsaturated/α-hetero) is 1. The SMILES string of the molecule is Cc1ccccc1[C@H]1CC(=O)NC2=C1C(=O)C[C@H](c1cccs1)C2. The maximum Gasteiger partial charge on any atom is 0.225 e. The molecule has 0 bridgehead atoms. The molecule has 1 amide bonds. The Bertz CT molecular complexity index is 835. The predicted molar refractivity (Wildman–Crippen MR) is 95.0 cm³/mol. The molecule has 3 nitrogen and oxygen atoms in total. The Morgan fingerprint density at radius 1 is 1.04 bits per heavy atom. The number of amides is 1. The third kappa shape index (κ3) is 2.61. The maximum absolute atomic E-state index is 12.9. The molecule has 0 fully saturated rings. The lowest BCUT2D eigenvalue weighted by Crippen LogP contribution is -2.38. The van der Waals surface area contributed by atoms with Crippen molar-refractivity contribution >= 4 is 23.0 Å². The molecule has 1 aliphatic carbocycles. The van der Waals surface area contributed by atoms with Gasteiger partial charge in [-0.05, 0) is 35.9 Å². The molecule has 0 saturated carbocycles. The van der Waals surface area contributed by atoms with Gasteiger partial charge in [-0.15, -0.1) is 11.3 Å². The lowest BCUT2D eigenvalue weighted by molar-refractivity contribution is -0.122. The average Bonchev–Trinajstić information content (AvgIpc) is 3.08. The molecule has 4 rings (SSSR count). The van der Waals surface area contributed by atoms with Crippen molar-refractivity contribution in [2.24, 2.45) is 0 Å². The van der Waals surface area contributed by atoms with Crippen molar-refractivity contribution in [3.8, 4) is 0 Å². The smallest absolute Gasteiger partial charge is 0.225 e. The third-order valence-electron chi connectivity index (χ3n) is 5.05. The van der Waals surface area contributed by atoms with Crippen molar-refractivity contribution in [1.82, 2.24) is 5.32 Å². The van der Waals surface area contributed by atoms with E-state index in [0.717, 1.165) is 28.8 Å². The van der Waals surface area contributed by atoms with Gasteiger partial charge in [-0.2, -0.15) is 0 Å². The molecule has 2 heterocycles. The molecule has 0 unspecified atom stereocenters. The van der Waals surface area contributed by atoms with Crippen LogP contribution >= 0.6 is 11.3 Å². The second-order valence-corrected chi connectivity index (χ2v) is 7.58. The maximum atomic E-state index is 12.9. The van der Waals surface area contributed by atoms with E-state index in [1.165, 1.54) is 4.88 Å². The van der Waals surface area contributed by atoms with Crippen molar-refractivity contribution < 1.29 is 9.59 Å². The Hall–Kier alpha value is -2.20. The number of allylic oxidation sites excluding steroid dienone is 2. The summed E-state index contributed by atoms with van der Waals surface area (Å²) in [4.78, 5) is 26.4. The minimum absolute atomic E-state index is 0.0154. The molecule has 1 aliphatic heterocycles. The Labute approximate surface area is 145 Å². The fourth-order valence-corrected chi connectivity index (χ4v) is 4.76. The monoisotopic (exact) mass is 337 g/mol. The number of hydrogen-bond donors (Lipinski definition) is 1. The Morgan fingerprint density at radius 3 is 2.62 bits per heavy atom. The number of rotatable bonds is 2. The third-order valence-corrected chi connectivity index (χ3v) is 6.08. The fraction of sp³-hybridized carbons (Fsp3) is 0.300. The summed E-state index contributed by atoms with van der Waals surface area (Å²) in [6.45, 7) is 2.05. The molecule has 0 saturated heterocycles. The van der Waals surface area contributed by atoms with Crippen LogP contribution in [0.3, 0.4) is 0 Å². The molecule has 2 atom stereocenters. The first-order valence-electron chi connectivity index (χ1n) is 8.28. The predicted octanol–water partition coefficient (Wildman–Crippen LogP) is 4.06. The van der Waals surface area contributed by atoms with E-state index in [1.807, 2.05) is 42.6 Å². The number of hydrogen-bond acceptors (Lipinski definition) is 3. The van der Waals surface area contributed by atoms with E-state index in [0.29, 0.717) is 12.8 Å². The van der Waals surface area contributed by atoms with Gasteiger partial charge in [0.2, 0.25) is 5.91 Å². The first kappa shape index (κ1) is 15.3. The van der Waals surface area contributed by atoms with Crippen molar-refractivity contribution in [3.63, 3.8) is 0 Å². The number of nitrogens with one attached hydrogen (secondary N) is 1. The molecule has 2 aromatic rings. The van der Waals surface area contributed by atoms with Gasteiger partial charge < -0.3 is 5.32 Å². The van der Waals surface area contributed by atoms with Crippen molar-refractivity contribution in [2.75, 3.05) is 0 Å². The van der Waals surface area contributed by atoms with Crippen LogP contribution in [0.5, 0.6) is 0 Å². The van der Waals surface area contributed by atoms with Crippen LogP contribution in [0.25, 0.3) is 0 Å². The van der Waals surface area contributed by atoms with Crippen molar-refractivity contribution in [1.29, 1.82) is 0 Å². The van der Waals surface area contributed by atoms with Crippen LogP contribution < -0.4 is 5.32 Å². The summed E-state index contributed by atoms with van der Waals surface area (Å²) in [5.41, 5.74) is 3.91. The fourth-order valence-electron chi connectivity index (χ4n) is 3.93. The molecule has 1 N–H and O–H groups in total. The van der Waals surface area contributed by atoms with Gasteiger partial charge in [-0.3, -0.25) is 9.59 Å². The zero-order valence-corrected chi connectivity index (χ0v) is 14.4. The highest BCUT2D eigenvalue weighted by molar-refractivity contribution is 7.10. The van der Waals surface area contributed by atoms with E-state index in [2.05, 4.69) is 11.4 Å². The van der Waals surface area contributed by atoms with Crippen LogP contribution in [0.1, 0.15) is 47.1 Å². The largest absolute Gasteiger partial charge is 0.329 e. The number of benzene rings is 1. The van der Waals surface area contributed by atoms with Crippen LogP contribution in [0.4, 0.5) is 0 Å². The normalized spacial score (nSPS) is 23.9. The molecule has 2 aliphatic rings. The van der Waals surface area contributed by atoms with E-state index >= 15 is 0 Å². The van der Waals surface area contributed by atoms with Gasteiger partial charge in [0.05, 0.1) is 0 Å². The summed E-state index contributed by atoms with van der Waals surface area (Å²) in [6.07, 6.45) is 1.65. The summed E-state index contributed by atoms with van der Waals surface area (Å²) in [7, 11) is 0. The first-order chi connectivity index (χ1) is 11.6. The molecule has 122 valence electrons. The highest BCUT2D eigenvalue weighted by atomic mass is 32.1. The van der Waals surface area contributed by atoms with Crippen molar-refractivity contribution in [2.45, 2.75) is 38.0 Å². The van der Waals surface area contributed by atoms with Crippen LogP contribution in [-0.4, -0.2) is 11.7 Å². The van der Waals surface area contributed by atoms with Gasteiger partial charge in [0.15, 0.2) is 5.78 Å². The van der Waals surface area contributed by atoms with Gasteiger partial charge >= 0.3 is 0 Å². The van der Waals surface area contributed by atoms with Crippen LogP contribution in [0.2, 0.25) is 0 Å². The van der Waals surface area contributed by atoms with E-state index < -0.39 is 0 Å². The van der Waals surface area contributed by atoms with Crippen LogP contribution in [0, 0.1) is 6.92 Å². The molecule has 1 aromatic carbocycles. The van der Waals surface area contributed by atoms with Gasteiger partial charge in [0.25, 0.3) is 0 Å². The molecular weight excluding hydrogens is 318 g/mol. The average molecular weight is 337 g/mol. The first-order valence-corrected chi connectivity index (χ1v) is 9.16. The molecular formula is C20H19NO2S. The highest BCUT2D eigenvalue weighted by Gasteiger charge is 2.38. The zero-order valence-electron chi connectivity index (χ0n) is 13.5. The van der Waals surface area contributed by atoms with E-state index in [4.69, 9.17) is 0 Å². The molecule has 1 aromatic heterocycles. The highest BCUT2D eigenvalue weighted by Crippen LogP contribution is 2.43. The number of carbonyl (C=O) groups is 2. The van der Waals surface area contributed by atoms with Crippen LogP contribution in [0.15, 0.2) is 53.0 Å². The number of carbonyl (C=O) groups excluding carboxylic acids is 2. The number of thiophene rings is 1. The zero-order chi connectivity index (χ0) is 16.7. The molecule has 0 spiro atoms. The van der Waals surface area contributed by atoms with E-state index in [9.17, 15) is 9.59 Å². The molecule has 0 radical (unpaired) electrons. The second kappa shape index (κ2) is 6.02. The summed E-state index contributed by atoms with van der Waals surface area (Å²) < 4.78 is 0. The summed E-state index contributed by atoms with van der Waals surface area (Å²) in [5.74, 6) is 0.281. The Balaban J connectivity index is 1.76. The van der Waals surface area contributed by atoms with E-state index in [1.54, 1.807) is 11.3 Å².